The van der Waals surface area contributed by atoms with E-state index in [9.17, 15) is 13.2 Å². The lowest BCUT2D eigenvalue weighted by Gasteiger charge is -2.16. The fourth-order valence-corrected chi connectivity index (χ4v) is 4.26. The van der Waals surface area contributed by atoms with E-state index in [-0.39, 0.29) is 16.8 Å². The van der Waals surface area contributed by atoms with Crippen molar-refractivity contribution in [2.75, 3.05) is 5.32 Å². The lowest BCUT2D eigenvalue weighted by molar-refractivity contribution is -0.119. The van der Waals surface area contributed by atoms with E-state index in [1.807, 2.05) is 19.9 Å². The van der Waals surface area contributed by atoms with Gasteiger partial charge in [0.25, 0.3) is 0 Å². The van der Waals surface area contributed by atoms with Gasteiger partial charge in [0.05, 0.1) is 10.6 Å². The van der Waals surface area contributed by atoms with E-state index in [1.165, 1.54) is 6.07 Å². The number of amides is 1. The number of carbonyl (C=O) groups is 1. The van der Waals surface area contributed by atoms with Gasteiger partial charge in [0.1, 0.15) is 6.04 Å². The van der Waals surface area contributed by atoms with Gasteiger partial charge in [-0.1, -0.05) is 6.07 Å². The topological polar surface area (TPSA) is 93.1 Å². The van der Waals surface area contributed by atoms with Crippen LogP contribution in [0.3, 0.4) is 0 Å². The van der Waals surface area contributed by atoms with Crippen LogP contribution in [0.15, 0.2) is 29.2 Å². The molecule has 1 aromatic heterocycles. The van der Waals surface area contributed by atoms with Crippen molar-refractivity contribution in [3.63, 3.8) is 0 Å². The highest BCUT2D eigenvalue weighted by Crippen LogP contribution is 2.22. The Bertz CT molecular complexity index is 917. The Hall–Kier alpha value is -2.19. The average Bonchev–Trinajstić information content (AvgIpc) is 2.85. The molecule has 2 N–H and O–H groups in total. The van der Waals surface area contributed by atoms with E-state index < -0.39 is 16.1 Å². The number of aryl methyl sites for hydroxylation is 3. The van der Waals surface area contributed by atoms with Gasteiger partial charge in [0.2, 0.25) is 15.9 Å². The van der Waals surface area contributed by atoms with Crippen LogP contribution in [0.2, 0.25) is 0 Å². The molecule has 0 fully saturated rings. The molecular formula is C18H26N4O3S. The van der Waals surface area contributed by atoms with Crippen LogP contribution < -0.4 is 10.0 Å². The summed E-state index contributed by atoms with van der Waals surface area (Å²) in [6, 6.07) is 6.01. The molecule has 0 saturated heterocycles. The van der Waals surface area contributed by atoms with Crippen molar-refractivity contribution in [3.05, 3.63) is 41.2 Å². The molecular weight excluding hydrogens is 352 g/mol. The fraction of sp³-hybridized carbons (Fsp3) is 0.444. The number of anilines is 1. The monoisotopic (exact) mass is 378 g/mol. The second kappa shape index (κ2) is 7.59. The number of hydrogen-bond donors (Lipinski definition) is 2. The number of aromatic nitrogens is 2. The Morgan fingerprint density at radius 1 is 1.12 bits per heavy atom. The maximum Gasteiger partial charge on any atom is 0.248 e. The first-order valence-electron chi connectivity index (χ1n) is 8.48. The SMILES string of the molecule is Cc1cc(C)n([C@H](C)C(=O)Nc2ccc(C)c(S(=O)(=O)NC(C)C)c2)n1. The molecule has 2 aromatic rings. The van der Waals surface area contributed by atoms with Crippen molar-refractivity contribution in [2.24, 2.45) is 0 Å². The Balaban J connectivity index is 2.26. The van der Waals surface area contributed by atoms with Gasteiger partial charge in [0.15, 0.2) is 0 Å². The molecule has 0 saturated carbocycles. The van der Waals surface area contributed by atoms with E-state index in [0.29, 0.717) is 11.3 Å². The second-order valence-corrected chi connectivity index (χ2v) is 8.48. The molecule has 0 bridgehead atoms. The Kier molecular flexibility index (Phi) is 5.87. The summed E-state index contributed by atoms with van der Waals surface area (Å²) < 4.78 is 29.1. The molecule has 1 atom stereocenters. The molecule has 1 aromatic carbocycles. The largest absolute Gasteiger partial charge is 0.324 e. The first kappa shape index (κ1) is 20.1. The van der Waals surface area contributed by atoms with Gasteiger partial charge in [-0.15, -0.1) is 0 Å². The lowest BCUT2D eigenvalue weighted by Crippen LogP contribution is -2.31. The van der Waals surface area contributed by atoms with Crippen molar-refractivity contribution in [1.82, 2.24) is 14.5 Å². The number of hydrogen-bond acceptors (Lipinski definition) is 4. The normalized spacial score (nSPS) is 13.0. The van der Waals surface area contributed by atoms with Crippen molar-refractivity contribution in [2.45, 2.75) is 58.5 Å². The summed E-state index contributed by atoms with van der Waals surface area (Å²) in [5, 5.41) is 7.10. The van der Waals surface area contributed by atoms with Crippen LogP contribution in [0, 0.1) is 20.8 Å². The third kappa shape index (κ3) is 4.50. The van der Waals surface area contributed by atoms with Crippen molar-refractivity contribution >= 4 is 21.6 Å². The number of benzene rings is 1. The van der Waals surface area contributed by atoms with E-state index in [4.69, 9.17) is 0 Å². The van der Waals surface area contributed by atoms with E-state index in [2.05, 4.69) is 15.1 Å². The third-order valence-electron chi connectivity index (χ3n) is 3.93. The predicted molar refractivity (Wildman–Crippen MR) is 102 cm³/mol. The van der Waals surface area contributed by atoms with E-state index in [0.717, 1.165) is 11.4 Å². The summed E-state index contributed by atoms with van der Waals surface area (Å²) in [6.45, 7) is 10.7. The lowest BCUT2D eigenvalue weighted by atomic mass is 10.2. The van der Waals surface area contributed by atoms with Crippen LogP contribution >= 0.6 is 0 Å². The Morgan fingerprint density at radius 2 is 1.77 bits per heavy atom. The molecule has 8 heteroatoms. The van der Waals surface area contributed by atoms with Gasteiger partial charge in [-0.3, -0.25) is 9.48 Å². The number of nitrogens with one attached hydrogen (secondary N) is 2. The second-order valence-electron chi connectivity index (χ2n) is 6.79. The van der Waals surface area contributed by atoms with Gasteiger partial charge < -0.3 is 5.32 Å². The fourth-order valence-electron chi connectivity index (χ4n) is 2.74. The molecule has 2 rings (SSSR count). The summed E-state index contributed by atoms with van der Waals surface area (Å²) >= 11 is 0. The minimum absolute atomic E-state index is 0.155. The molecule has 0 unspecified atom stereocenters. The first-order valence-corrected chi connectivity index (χ1v) is 9.96. The van der Waals surface area contributed by atoms with Crippen LogP contribution in [-0.2, 0) is 14.8 Å². The highest BCUT2D eigenvalue weighted by Gasteiger charge is 2.21. The Labute approximate surface area is 154 Å². The quantitative estimate of drug-likeness (QED) is 0.808. The van der Waals surface area contributed by atoms with Crippen LogP contribution in [-0.4, -0.2) is 30.1 Å². The zero-order valence-electron chi connectivity index (χ0n) is 16.0. The summed E-state index contributed by atoms with van der Waals surface area (Å²) in [4.78, 5) is 12.7. The van der Waals surface area contributed by atoms with Gasteiger partial charge in [-0.05, 0) is 65.3 Å². The number of nitrogens with zero attached hydrogens (tertiary/aromatic N) is 2. The number of carbonyl (C=O) groups excluding carboxylic acids is 1. The molecule has 0 aliphatic carbocycles. The van der Waals surface area contributed by atoms with Crippen LogP contribution in [0.1, 0.15) is 43.8 Å². The molecule has 7 nitrogen and oxygen atoms in total. The summed E-state index contributed by atoms with van der Waals surface area (Å²) in [7, 11) is -3.64. The molecule has 0 radical (unpaired) electrons. The third-order valence-corrected chi connectivity index (χ3v) is 5.73. The Morgan fingerprint density at radius 3 is 2.31 bits per heavy atom. The molecule has 1 amide bonds. The number of sulfonamides is 1. The standard InChI is InChI=1S/C18H26N4O3S/c1-11(2)21-26(24,25)17-10-16(8-7-12(17)3)19-18(23)15(6)22-14(5)9-13(4)20-22/h7-11,15,21H,1-6H3,(H,19,23)/t15-/m1/s1. The average molecular weight is 378 g/mol. The first-order chi connectivity index (χ1) is 12.0. The number of rotatable bonds is 6. The van der Waals surface area contributed by atoms with Gasteiger partial charge in [0, 0.05) is 17.4 Å². The van der Waals surface area contributed by atoms with Crippen molar-refractivity contribution in [1.29, 1.82) is 0 Å². The van der Waals surface area contributed by atoms with Gasteiger partial charge in [-0.2, -0.15) is 5.10 Å². The molecule has 142 valence electrons. The summed E-state index contributed by atoms with van der Waals surface area (Å²) in [5.74, 6) is -0.264. The zero-order valence-corrected chi connectivity index (χ0v) is 16.8. The summed E-state index contributed by atoms with van der Waals surface area (Å²) in [5.41, 5.74) is 2.77. The highest BCUT2D eigenvalue weighted by atomic mass is 32.2. The maximum absolute atomic E-state index is 12.6. The van der Waals surface area contributed by atoms with Crippen molar-refractivity contribution in [3.8, 4) is 0 Å². The summed E-state index contributed by atoms with van der Waals surface area (Å²) in [6.07, 6.45) is 0. The highest BCUT2D eigenvalue weighted by molar-refractivity contribution is 7.89. The zero-order chi connectivity index (χ0) is 19.6. The molecule has 1 heterocycles. The molecule has 0 aliphatic rings. The van der Waals surface area contributed by atoms with Gasteiger partial charge in [-0.25, -0.2) is 13.1 Å². The van der Waals surface area contributed by atoms with Crippen LogP contribution in [0.5, 0.6) is 0 Å². The minimum Gasteiger partial charge on any atom is -0.324 e. The van der Waals surface area contributed by atoms with Gasteiger partial charge >= 0.3 is 0 Å². The molecule has 26 heavy (non-hydrogen) atoms. The molecule has 0 spiro atoms. The molecule has 0 aliphatic heterocycles. The maximum atomic E-state index is 12.6. The smallest absolute Gasteiger partial charge is 0.248 e. The van der Waals surface area contributed by atoms with E-state index in [1.54, 1.807) is 44.5 Å². The van der Waals surface area contributed by atoms with Crippen molar-refractivity contribution < 1.29 is 13.2 Å². The van der Waals surface area contributed by atoms with E-state index >= 15 is 0 Å². The predicted octanol–water partition coefficient (Wildman–Crippen LogP) is 2.69. The minimum atomic E-state index is -3.64. The van der Waals surface area contributed by atoms with Crippen LogP contribution in [0.4, 0.5) is 5.69 Å². The van der Waals surface area contributed by atoms with Crippen LogP contribution in [0.25, 0.3) is 0 Å².